The highest BCUT2D eigenvalue weighted by Gasteiger charge is 2.47. The minimum atomic E-state index is -4.74. The van der Waals surface area contributed by atoms with Crippen molar-refractivity contribution in [2.45, 2.75) is 44.8 Å². The Hall–Kier alpha value is -1.59. The van der Waals surface area contributed by atoms with Crippen molar-refractivity contribution in [3.05, 3.63) is 24.2 Å². The van der Waals surface area contributed by atoms with Crippen LogP contribution in [0.5, 0.6) is 0 Å². The topological polar surface area (TPSA) is 161 Å². The van der Waals surface area contributed by atoms with E-state index in [1.165, 1.54) is 11.8 Å². The molecule has 146 valence electrons. The summed E-state index contributed by atoms with van der Waals surface area (Å²) in [5, 5.41) is 22.9. The van der Waals surface area contributed by atoms with Crippen LogP contribution < -0.4 is 5.32 Å². The molecule has 1 saturated heterocycles. The van der Waals surface area contributed by atoms with Gasteiger partial charge >= 0.3 is 7.82 Å². The van der Waals surface area contributed by atoms with Crippen molar-refractivity contribution < 1.29 is 38.6 Å². The zero-order valence-corrected chi connectivity index (χ0v) is 15.2. The second kappa shape index (κ2) is 7.97. The molecule has 0 aromatic heterocycles. The molecule has 5 N–H and O–H groups in total. The highest BCUT2D eigenvalue weighted by Crippen LogP contribution is 2.38. The van der Waals surface area contributed by atoms with Crippen LogP contribution in [0.1, 0.15) is 20.3 Å². The van der Waals surface area contributed by atoms with Gasteiger partial charge in [-0.05, 0) is 6.42 Å². The summed E-state index contributed by atoms with van der Waals surface area (Å²) in [6.07, 6.45) is -2.99. The molecule has 0 aliphatic carbocycles. The second-order valence-electron chi connectivity index (χ2n) is 5.81. The Morgan fingerprint density at radius 1 is 1.46 bits per heavy atom. The summed E-state index contributed by atoms with van der Waals surface area (Å²) in [6, 6.07) is 0. The maximum absolute atomic E-state index is 11.3. The summed E-state index contributed by atoms with van der Waals surface area (Å²) in [4.78, 5) is 34.4. The number of hydrogen-bond acceptors (Lipinski definition) is 8. The minimum absolute atomic E-state index is 0.152. The summed E-state index contributed by atoms with van der Waals surface area (Å²) >= 11 is 0. The fourth-order valence-corrected chi connectivity index (χ4v) is 2.92. The first-order chi connectivity index (χ1) is 12.0. The average molecular weight is 391 g/mol. The number of carbonyl (C=O) groups excluding carboxylic acids is 1. The summed E-state index contributed by atoms with van der Waals surface area (Å²) in [6.45, 7) is 6.33. The van der Waals surface area contributed by atoms with E-state index in [-0.39, 0.29) is 11.7 Å². The van der Waals surface area contributed by atoms with Gasteiger partial charge in [0.2, 0.25) is 5.91 Å². The van der Waals surface area contributed by atoms with Crippen molar-refractivity contribution in [3.63, 3.8) is 0 Å². The highest BCUT2D eigenvalue weighted by molar-refractivity contribution is 7.46. The number of rotatable bonds is 5. The molecule has 0 aromatic rings. The lowest BCUT2D eigenvalue weighted by atomic mass is 10.1. The van der Waals surface area contributed by atoms with Gasteiger partial charge in [0.25, 0.3) is 0 Å². The molecule has 0 bridgehead atoms. The van der Waals surface area contributed by atoms with Crippen LogP contribution in [0.25, 0.3) is 0 Å². The van der Waals surface area contributed by atoms with Crippen molar-refractivity contribution in [1.29, 1.82) is 0 Å². The molecule has 2 heterocycles. The normalized spacial score (nSPS) is 29.5. The number of nitrogens with zero attached hydrogens (tertiary/aromatic N) is 2. The summed E-state index contributed by atoms with van der Waals surface area (Å²) in [7, 11) is -4.74. The molecule has 2 aliphatic heterocycles. The van der Waals surface area contributed by atoms with Gasteiger partial charge < -0.3 is 35.0 Å². The average Bonchev–Trinajstić information content (AvgIpc) is 2.80. The Kier molecular flexibility index (Phi) is 6.35. The zero-order valence-electron chi connectivity index (χ0n) is 14.3. The summed E-state index contributed by atoms with van der Waals surface area (Å²) in [5.74, 6) is 0.181. The number of ether oxygens (including phenoxy) is 1. The van der Waals surface area contributed by atoms with E-state index in [1.54, 1.807) is 6.20 Å². The third-order valence-electron chi connectivity index (χ3n) is 3.83. The van der Waals surface area contributed by atoms with E-state index in [0.29, 0.717) is 17.8 Å². The molecule has 4 atom stereocenters. The molecule has 12 heteroatoms. The van der Waals surface area contributed by atoms with Crippen molar-refractivity contribution in [3.8, 4) is 0 Å². The van der Waals surface area contributed by atoms with Crippen LogP contribution in [0.3, 0.4) is 0 Å². The molecule has 0 aromatic carbocycles. The van der Waals surface area contributed by atoms with Gasteiger partial charge in [0.1, 0.15) is 30.0 Å². The van der Waals surface area contributed by atoms with Gasteiger partial charge in [0, 0.05) is 18.7 Å². The molecular weight excluding hydrogens is 369 g/mol. The van der Waals surface area contributed by atoms with E-state index < -0.39 is 39.0 Å². The van der Waals surface area contributed by atoms with Crippen LogP contribution in [0.15, 0.2) is 29.2 Å². The van der Waals surface area contributed by atoms with Crippen molar-refractivity contribution in [2.75, 3.05) is 6.61 Å². The Labute approximate surface area is 149 Å². The van der Waals surface area contributed by atoms with E-state index in [2.05, 4.69) is 21.4 Å². The van der Waals surface area contributed by atoms with Gasteiger partial charge in [-0.25, -0.2) is 9.56 Å². The summed E-state index contributed by atoms with van der Waals surface area (Å²) in [5.41, 5.74) is 0.646. The van der Waals surface area contributed by atoms with E-state index in [0.717, 1.165) is 0 Å². The number of aliphatic hydroxyl groups excluding tert-OH is 2. The predicted molar refractivity (Wildman–Crippen MR) is 89.3 cm³/mol. The number of carbonyl (C=O) groups is 1. The number of nitrogens with one attached hydrogen (secondary N) is 1. The largest absolute Gasteiger partial charge is 0.469 e. The maximum Gasteiger partial charge on any atom is 0.469 e. The number of hydrogen-bond donors (Lipinski definition) is 5. The minimum Gasteiger partial charge on any atom is -0.387 e. The number of amidine groups is 1. The first-order valence-corrected chi connectivity index (χ1v) is 9.32. The van der Waals surface area contributed by atoms with Crippen LogP contribution in [0.4, 0.5) is 0 Å². The molecule has 1 amide bonds. The molecule has 0 spiro atoms. The number of phosphoric ester groups is 1. The third-order valence-corrected chi connectivity index (χ3v) is 4.32. The van der Waals surface area contributed by atoms with E-state index >= 15 is 0 Å². The number of aliphatic hydroxyl groups is 2. The molecule has 11 nitrogen and oxygen atoms in total. The number of amides is 1. The third kappa shape index (κ3) is 4.77. The molecule has 1 unspecified atom stereocenters. The monoisotopic (exact) mass is 391 g/mol. The molecule has 2 rings (SSSR count). The molecule has 0 radical (unpaired) electrons. The van der Waals surface area contributed by atoms with Gasteiger partial charge in [0.15, 0.2) is 6.23 Å². The molecule has 1 fully saturated rings. The standard InChI is InChI=1S/C14H22N3O8P/c1-4-9-5-17(7(2)15-13(9)16-8(3)18)14-12(20)11(19)10(25-14)6-24-26(21,22)23/h5,10-12,14,19-20H,2,4,6H2,1,3H3,(H,15,16,18)(H2,21,22,23)/t10-,11-,12?,14-/m1/s1. The first-order valence-electron chi connectivity index (χ1n) is 7.79. The zero-order chi connectivity index (χ0) is 19.6. The second-order valence-corrected chi connectivity index (χ2v) is 7.04. The van der Waals surface area contributed by atoms with Gasteiger partial charge in [-0.3, -0.25) is 9.32 Å². The van der Waals surface area contributed by atoms with Gasteiger partial charge in [0.05, 0.1) is 6.61 Å². The van der Waals surface area contributed by atoms with Crippen molar-refractivity contribution in [1.82, 2.24) is 10.2 Å². The van der Waals surface area contributed by atoms with Crippen molar-refractivity contribution >= 4 is 19.6 Å². The Morgan fingerprint density at radius 3 is 2.65 bits per heavy atom. The molecule has 2 aliphatic rings. The number of phosphoric acid groups is 1. The van der Waals surface area contributed by atoms with Gasteiger partial charge in [-0.1, -0.05) is 13.5 Å². The van der Waals surface area contributed by atoms with Gasteiger partial charge in [-0.2, -0.15) is 0 Å². The number of aliphatic imine (C=N–C) groups is 1. The predicted octanol–water partition coefficient (Wildman–Crippen LogP) is -0.842. The van der Waals surface area contributed by atoms with Gasteiger partial charge in [-0.15, -0.1) is 0 Å². The van der Waals surface area contributed by atoms with E-state index in [4.69, 9.17) is 14.5 Å². The lowest BCUT2D eigenvalue weighted by Crippen LogP contribution is -2.43. The summed E-state index contributed by atoms with van der Waals surface area (Å²) < 4.78 is 20.6. The molecular formula is C14H22N3O8P. The van der Waals surface area contributed by atoms with E-state index in [1.807, 2.05) is 6.92 Å². The quantitative estimate of drug-likeness (QED) is 0.376. The molecule has 26 heavy (non-hydrogen) atoms. The van der Waals surface area contributed by atoms with Crippen LogP contribution in [-0.2, 0) is 18.6 Å². The van der Waals surface area contributed by atoms with E-state index in [9.17, 15) is 19.6 Å². The fraction of sp³-hybridized carbons (Fsp3) is 0.571. The fourth-order valence-electron chi connectivity index (χ4n) is 2.58. The Morgan fingerprint density at radius 2 is 2.12 bits per heavy atom. The smallest absolute Gasteiger partial charge is 0.387 e. The van der Waals surface area contributed by atoms with Crippen LogP contribution in [-0.4, -0.2) is 67.8 Å². The Bertz CT molecular complexity index is 688. The lowest BCUT2D eigenvalue weighted by Gasteiger charge is -2.32. The SMILES string of the molecule is C=C1N=C(NC(C)=O)C(CC)=CN1[C@@H]1O[C@H](COP(=O)(O)O)[C@@H](O)C1O. The molecule has 0 saturated carbocycles. The van der Waals surface area contributed by atoms with Crippen molar-refractivity contribution in [2.24, 2.45) is 4.99 Å². The van der Waals surface area contributed by atoms with Crippen LogP contribution >= 0.6 is 7.82 Å². The lowest BCUT2D eigenvalue weighted by molar-refractivity contribution is -0.117. The highest BCUT2D eigenvalue weighted by atomic mass is 31.2. The van der Waals surface area contributed by atoms with Crippen LogP contribution in [0, 0.1) is 0 Å². The van der Waals surface area contributed by atoms with Crippen LogP contribution in [0.2, 0.25) is 0 Å². The first kappa shape index (κ1) is 20.7. The maximum atomic E-state index is 11.3. The Balaban J connectivity index is 2.16.